The van der Waals surface area contributed by atoms with Gasteiger partial charge in [-0.1, -0.05) is 30.8 Å². The molecule has 2 aliphatic heterocycles. The smallest absolute Gasteiger partial charge is 0.276 e. The summed E-state index contributed by atoms with van der Waals surface area (Å²) in [7, 11) is 0. The highest BCUT2D eigenvalue weighted by Gasteiger charge is 2.38. The average Bonchev–Trinajstić information content (AvgIpc) is 3.23. The molecule has 1 N–H and O–H groups in total. The van der Waals surface area contributed by atoms with Crippen LogP contribution in [0.15, 0.2) is 10.6 Å². The molecule has 0 spiro atoms. The Balaban J connectivity index is 1.49. The number of morpholine rings is 1. The molecule has 0 unspecified atom stereocenters. The normalized spacial score (nSPS) is 27.1. The summed E-state index contributed by atoms with van der Waals surface area (Å²) in [4.78, 5) is 30.4. The monoisotopic (exact) mass is 418 g/mol. The summed E-state index contributed by atoms with van der Waals surface area (Å²) in [5.41, 5.74) is 0.359. The van der Waals surface area contributed by atoms with Crippen LogP contribution in [0.2, 0.25) is 0 Å². The third-order valence-corrected chi connectivity index (χ3v) is 6.61. The number of hydrogen-bond acceptors (Lipinski definition) is 6. The molecule has 30 heavy (non-hydrogen) atoms. The van der Waals surface area contributed by atoms with Crippen molar-refractivity contribution in [3.8, 4) is 0 Å². The molecule has 1 aliphatic carbocycles. The van der Waals surface area contributed by atoms with Gasteiger partial charge in [0.25, 0.3) is 5.91 Å². The van der Waals surface area contributed by atoms with Gasteiger partial charge in [0, 0.05) is 38.3 Å². The molecule has 4 rings (SSSR count). The maximum atomic E-state index is 13.5. The van der Waals surface area contributed by atoms with E-state index in [2.05, 4.69) is 15.4 Å². The van der Waals surface area contributed by atoms with E-state index >= 15 is 0 Å². The first kappa shape index (κ1) is 21.3. The number of nitrogens with one attached hydrogen (secondary N) is 1. The maximum absolute atomic E-state index is 13.5. The number of amides is 2. The van der Waals surface area contributed by atoms with Crippen molar-refractivity contribution < 1.29 is 18.8 Å². The fourth-order valence-electron chi connectivity index (χ4n) is 4.93. The van der Waals surface area contributed by atoms with E-state index < -0.39 is 0 Å². The third-order valence-electron chi connectivity index (χ3n) is 6.61. The Bertz CT molecular complexity index is 716. The fourth-order valence-corrected chi connectivity index (χ4v) is 4.93. The number of nitrogens with zero attached hydrogens (tertiary/aromatic N) is 3. The van der Waals surface area contributed by atoms with Crippen LogP contribution in [0.3, 0.4) is 0 Å². The summed E-state index contributed by atoms with van der Waals surface area (Å²) in [5.74, 6) is 0.583. The molecule has 3 heterocycles. The van der Waals surface area contributed by atoms with Crippen molar-refractivity contribution in [1.29, 1.82) is 0 Å². The van der Waals surface area contributed by atoms with Crippen molar-refractivity contribution >= 4 is 11.8 Å². The molecule has 0 radical (unpaired) electrons. The Morgan fingerprint density at radius 2 is 1.87 bits per heavy atom. The van der Waals surface area contributed by atoms with Crippen LogP contribution in [0.25, 0.3) is 0 Å². The molecule has 2 atom stereocenters. The van der Waals surface area contributed by atoms with Crippen LogP contribution in [0.4, 0.5) is 0 Å². The Hall–Kier alpha value is -1.93. The zero-order valence-corrected chi connectivity index (χ0v) is 17.8. The molecule has 0 aromatic carbocycles. The highest BCUT2D eigenvalue weighted by molar-refractivity contribution is 5.93. The first-order valence-electron chi connectivity index (χ1n) is 11.6. The highest BCUT2D eigenvalue weighted by atomic mass is 16.5. The number of hydrogen-bond donors (Lipinski definition) is 1. The standard InChI is InChI=1S/C22H34N4O4/c27-21-18-7-3-4-8-20(18)26(10-6-2-1-5-9-23-21)22(28)19-15-17(30-24-19)16-25-11-13-29-14-12-25/h15,18,20H,1-14,16H2,(H,23,27)/t18-,20+/m1/s1. The van der Waals surface area contributed by atoms with E-state index in [-0.39, 0.29) is 23.8 Å². The number of ether oxygens (including phenoxy) is 1. The highest BCUT2D eigenvalue weighted by Crippen LogP contribution is 2.30. The van der Waals surface area contributed by atoms with E-state index in [4.69, 9.17) is 9.26 Å². The summed E-state index contributed by atoms with van der Waals surface area (Å²) in [6.07, 6.45) is 7.93. The second kappa shape index (κ2) is 10.4. The van der Waals surface area contributed by atoms with Crippen LogP contribution in [0, 0.1) is 5.92 Å². The summed E-state index contributed by atoms with van der Waals surface area (Å²) in [6.45, 7) is 5.21. The lowest BCUT2D eigenvalue weighted by Gasteiger charge is -2.39. The average molecular weight is 419 g/mol. The summed E-state index contributed by atoms with van der Waals surface area (Å²) in [5, 5.41) is 7.20. The molecule has 1 aromatic rings. The summed E-state index contributed by atoms with van der Waals surface area (Å²) < 4.78 is 10.9. The molecule has 3 fully saturated rings. The molecule has 2 saturated heterocycles. The molecule has 1 saturated carbocycles. The molecular formula is C22H34N4O4. The number of carbonyl (C=O) groups is 2. The fraction of sp³-hybridized carbons (Fsp3) is 0.773. The van der Waals surface area contributed by atoms with Crippen LogP contribution < -0.4 is 5.32 Å². The zero-order chi connectivity index (χ0) is 20.8. The Labute approximate surface area is 178 Å². The SMILES string of the molecule is O=C1NCCCCCCN(C(=O)c2cc(CN3CCOCC3)on2)[C@H]2CCCC[C@@H]12. The lowest BCUT2D eigenvalue weighted by atomic mass is 9.82. The zero-order valence-electron chi connectivity index (χ0n) is 17.8. The Morgan fingerprint density at radius 3 is 2.73 bits per heavy atom. The minimum Gasteiger partial charge on any atom is -0.379 e. The van der Waals surface area contributed by atoms with Crippen LogP contribution in [0.1, 0.15) is 67.6 Å². The van der Waals surface area contributed by atoms with Gasteiger partial charge in [0.15, 0.2) is 11.5 Å². The van der Waals surface area contributed by atoms with Crippen LogP contribution in [-0.4, -0.2) is 72.2 Å². The van der Waals surface area contributed by atoms with Gasteiger partial charge in [0.05, 0.1) is 25.7 Å². The van der Waals surface area contributed by atoms with Gasteiger partial charge in [0.1, 0.15) is 0 Å². The number of rotatable bonds is 3. The van der Waals surface area contributed by atoms with Crippen molar-refractivity contribution in [2.75, 3.05) is 39.4 Å². The van der Waals surface area contributed by atoms with Crippen molar-refractivity contribution in [2.24, 2.45) is 5.92 Å². The van der Waals surface area contributed by atoms with Gasteiger partial charge in [0.2, 0.25) is 5.91 Å². The Kier molecular flexibility index (Phi) is 7.38. The largest absolute Gasteiger partial charge is 0.379 e. The van der Waals surface area contributed by atoms with E-state index in [9.17, 15) is 9.59 Å². The predicted molar refractivity (Wildman–Crippen MR) is 111 cm³/mol. The maximum Gasteiger partial charge on any atom is 0.276 e. The molecule has 2 amide bonds. The third kappa shape index (κ3) is 5.21. The number of carbonyl (C=O) groups excluding carboxylic acids is 2. The second-order valence-corrected chi connectivity index (χ2v) is 8.73. The van der Waals surface area contributed by atoms with E-state index in [0.717, 1.165) is 84.2 Å². The van der Waals surface area contributed by atoms with Crippen molar-refractivity contribution in [2.45, 2.75) is 64.0 Å². The first-order chi connectivity index (χ1) is 14.7. The first-order valence-corrected chi connectivity index (χ1v) is 11.6. The predicted octanol–water partition coefficient (Wildman–Crippen LogP) is 2.20. The molecule has 166 valence electrons. The molecular weight excluding hydrogens is 384 g/mol. The summed E-state index contributed by atoms with van der Waals surface area (Å²) >= 11 is 0. The molecule has 8 heteroatoms. The second-order valence-electron chi connectivity index (χ2n) is 8.73. The lowest BCUT2D eigenvalue weighted by Crippen LogP contribution is -2.51. The van der Waals surface area contributed by atoms with Crippen molar-refractivity contribution in [3.63, 3.8) is 0 Å². The van der Waals surface area contributed by atoms with Gasteiger partial charge in [-0.25, -0.2) is 0 Å². The summed E-state index contributed by atoms with van der Waals surface area (Å²) in [6, 6.07) is 1.73. The van der Waals surface area contributed by atoms with Gasteiger partial charge < -0.3 is 19.5 Å². The van der Waals surface area contributed by atoms with Gasteiger partial charge in [-0.15, -0.1) is 0 Å². The van der Waals surface area contributed by atoms with Crippen LogP contribution >= 0.6 is 0 Å². The van der Waals surface area contributed by atoms with E-state index in [0.29, 0.717) is 24.5 Å². The Morgan fingerprint density at radius 1 is 1.07 bits per heavy atom. The van der Waals surface area contributed by atoms with E-state index in [1.54, 1.807) is 6.07 Å². The van der Waals surface area contributed by atoms with Gasteiger partial charge >= 0.3 is 0 Å². The number of aromatic nitrogens is 1. The molecule has 0 bridgehead atoms. The topological polar surface area (TPSA) is 87.9 Å². The quantitative estimate of drug-likeness (QED) is 0.810. The van der Waals surface area contributed by atoms with Gasteiger partial charge in [-0.2, -0.15) is 0 Å². The van der Waals surface area contributed by atoms with Crippen LogP contribution in [0.5, 0.6) is 0 Å². The van der Waals surface area contributed by atoms with Crippen LogP contribution in [-0.2, 0) is 16.1 Å². The number of fused-ring (bicyclic) bond motifs is 1. The molecule has 1 aromatic heterocycles. The van der Waals surface area contributed by atoms with Gasteiger partial charge in [-0.05, 0) is 25.7 Å². The molecule has 8 nitrogen and oxygen atoms in total. The van der Waals surface area contributed by atoms with E-state index in [1.807, 2.05) is 4.90 Å². The molecule has 3 aliphatic rings. The minimum atomic E-state index is -0.125. The van der Waals surface area contributed by atoms with E-state index in [1.165, 1.54) is 0 Å². The lowest BCUT2D eigenvalue weighted by molar-refractivity contribution is -0.128. The van der Waals surface area contributed by atoms with Gasteiger partial charge in [-0.3, -0.25) is 14.5 Å². The minimum absolute atomic E-state index is 0.0521. The van der Waals surface area contributed by atoms with Crippen molar-refractivity contribution in [3.05, 3.63) is 17.5 Å². The van der Waals surface area contributed by atoms with Crippen molar-refractivity contribution in [1.82, 2.24) is 20.3 Å².